The van der Waals surface area contributed by atoms with Gasteiger partial charge in [0.25, 0.3) is 0 Å². The van der Waals surface area contributed by atoms with Crippen LogP contribution in [-0.2, 0) is 6.54 Å². The normalized spacial score (nSPS) is 11.0. The summed E-state index contributed by atoms with van der Waals surface area (Å²) in [7, 11) is 0. The number of fused-ring (bicyclic) bond motifs is 1. The Bertz CT molecular complexity index is 940. The van der Waals surface area contributed by atoms with Gasteiger partial charge in [0, 0.05) is 23.3 Å². The first kappa shape index (κ1) is 13.7. The molecule has 0 saturated heterocycles. The second-order valence-corrected chi connectivity index (χ2v) is 5.73. The van der Waals surface area contributed by atoms with Gasteiger partial charge in [0.1, 0.15) is 5.52 Å². The van der Waals surface area contributed by atoms with Crippen molar-refractivity contribution in [2.24, 2.45) is 0 Å². The molecule has 2 aromatic heterocycles. The third-order valence-electron chi connectivity index (χ3n) is 3.89. The Morgan fingerprint density at radius 2 is 1.74 bits per heavy atom. The Labute approximate surface area is 134 Å². The molecule has 0 unspecified atom stereocenters. The molecular weight excluding hydrogens is 284 g/mol. The van der Waals surface area contributed by atoms with Crippen molar-refractivity contribution in [3.63, 3.8) is 0 Å². The molecule has 2 heterocycles. The number of nitrogens with zero attached hydrogens (tertiary/aromatic N) is 2. The van der Waals surface area contributed by atoms with Crippen LogP contribution in [0.3, 0.4) is 0 Å². The maximum absolute atomic E-state index is 5.88. The quantitative estimate of drug-likeness (QED) is 0.532. The van der Waals surface area contributed by atoms with Gasteiger partial charge in [-0.3, -0.25) is 0 Å². The minimum atomic E-state index is 0.671. The maximum Gasteiger partial charge on any atom is 0.227 e. The number of benzene rings is 2. The predicted octanol–water partition coefficient (Wildman–Crippen LogP) is 4.14. The molecule has 0 amide bonds. The van der Waals surface area contributed by atoms with Gasteiger partial charge in [0.05, 0.1) is 0 Å². The molecule has 0 aliphatic carbocycles. The smallest absolute Gasteiger partial charge is 0.227 e. The molecule has 0 aliphatic rings. The molecule has 23 heavy (non-hydrogen) atoms. The Hall–Kier alpha value is -2.94. The van der Waals surface area contributed by atoms with E-state index in [2.05, 4.69) is 59.2 Å². The summed E-state index contributed by atoms with van der Waals surface area (Å²) in [6.07, 6.45) is 4.13. The van der Waals surface area contributed by atoms with E-state index < -0.39 is 0 Å². The Morgan fingerprint density at radius 1 is 0.957 bits per heavy atom. The van der Waals surface area contributed by atoms with Crippen molar-refractivity contribution in [1.82, 2.24) is 4.98 Å². The molecule has 0 aliphatic heterocycles. The maximum atomic E-state index is 5.88. The largest absolute Gasteiger partial charge is 0.436 e. The first-order valence-corrected chi connectivity index (χ1v) is 7.68. The van der Waals surface area contributed by atoms with E-state index in [4.69, 9.17) is 4.42 Å². The summed E-state index contributed by atoms with van der Waals surface area (Å²) in [4.78, 5) is 4.57. The van der Waals surface area contributed by atoms with Crippen molar-refractivity contribution in [2.75, 3.05) is 0 Å². The Kier molecular flexibility index (Phi) is 3.39. The zero-order chi connectivity index (χ0) is 15.6. The van der Waals surface area contributed by atoms with Crippen LogP contribution in [-0.4, -0.2) is 4.98 Å². The lowest BCUT2D eigenvalue weighted by Gasteiger charge is -1.99. The summed E-state index contributed by atoms with van der Waals surface area (Å²) in [5, 5.41) is 0. The number of aryl methyl sites for hydroxylation is 1. The summed E-state index contributed by atoms with van der Waals surface area (Å²) in [6.45, 7) is 2.91. The van der Waals surface area contributed by atoms with Gasteiger partial charge in [-0.25, -0.2) is 9.55 Å². The van der Waals surface area contributed by atoms with E-state index in [1.807, 2.05) is 30.3 Å². The third kappa shape index (κ3) is 2.86. The molecular formula is C20H17N2O+. The molecule has 0 spiro atoms. The summed E-state index contributed by atoms with van der Waals surface area (Å²) in [5.74, 6) is 0.671. The molecule has 3 heteroatoms. The van der Waals surface area contributed by atoms with E-state index in [9.17, 15) is 0 Å². The number of aromatic nitrogens is 2. The van der Waals surface area contributed by atoms with Crippen LogP contribution in [0.15, 0.2) is 77.5 Å². The topological polar surface area (TPSA) is 29.9 Å². The molecule has 3 nitrogen and oxygen atoms in total. The fourth-order valence-corrected chi connectivity index (χ4v) is 2.66. The predicted molar refractivity (Wildman–Crippen MR) is 89.9 cm³/mol. The number of pyridine rings is 1. The van der Waals surface area contributed by atoms with E-state index in [1.54, 1.807) is 0 Å². The molecule has 0 fully saturated rings. The summed E-state index contributed by atoms with van der Waals surface area (Å²) < 4.78 is 8.03. The number of oxazole rings is 1. The van der Waals surface area contributed by atoms with Crippen molar-refractivity contribution in [3.8, 4) is 11.5 Å². The number of hydrogen-bond donors (Lipinski definition) is 0. The van der Waals surface area contributed by atoms with E-state index in [1.165, 1.54) is 11.1 Å². The second kappa shape index (κ2) is 5.69. The Morgan fingerprint density at radius 3 is 2.52 bits per heavy atom. The number of hydrogen-bond acceptors (Lipinski definition) is 2. The van der Waals surface area contributed by atoms with Crippen molar-refractivity contribution >= 4 is 11.1 Å². The van der Waals surface area contributed by atoms with Crippen molar-refractivity contribution < 1.29 is 8.98 Å². The van der Waals surface area contributed by atoms with Crippen LogP contribution in [0.5, 0.6) is 0 Å². The van der Waals surface area contributed by atoms with Gasteiger partial charge in [0.15, 0.2) is 24.5 Å². The molecule has 0 N–H and O–H groups in total. The van der Waals surface area contributed by atoms with Gasteiger partial charge in [-0.15, -0.1) is 0 Å². The highest BCUT2D eigenvalue weighted by molar-refractivity contribution is 5.76. The van der Waals surface area contributed by atoms with Crippen molar-refractivity contribution in [2.45, 2.75) is 13.5 Å². The third-order valence-corrected chi connectivity index (χ3v) is 3.89. The van der Waals surface area contributed by atoms with Crippen LogP contribution in [0.4, 0.5) is 0 Å². The van der Waals surface area contributed by atoms with E-state index in [-0.39, 0.29) is 0 Å². The SMILES string of the molecule is Cc1ccc2nc(-c3ccc(C[n+]4ccccc4)cc3)oc2c1. The zero-order valence-electron chi connectivity index (χ0n) is 12.9. The van der Waals surface area contributed by atoms with Gasteiger partial charge < -0.3 is 4.42 Å². The molecule has 112 valence electrons. The lowest BCUT2D eigenvalue weighted by molar-refractivity contribution is -0.688. The summed E-state index contributed by atoms with van der Waals surface area (Å²) in [5.41, 5.74) is 5.16. The highest BCUT2D eigenvalue weighted by Crippen LogP contribution is 2.25. The molecule has 0 bridgehead atoms. The van der Waals surface area contributed by atoms with Gasteiger partial charge >= 0.3 is 0 Å². The standard InChI is InChI=1S/C20H17N2O/c1-15-5-10-18-19(13-15)23-20(21-18)17-8-6-16(7-9-17)14-22-11-3-2-4-12-22/h2-13H,14H2,1H3/q+1. The summed E-state index contributed by atoms with van der Waals surface area (Å²) >= 11 is 0. The molecule has 0 radical (unpaired) electrons. The van der Waals surface area contributed by atoms with Crippen LogP contribution < -0.4 is 4.57 Å². The molecule has 4 rings (SSSR count). The fraction of sp³-hybridized carbons (Fsp3) is 0.100. The van der Waals surface area contributed by atoms with Crippen LogP contribution >= 0.6 is 0 Å². The van der Waals surface area contributed by atoms with Gasteiger partial charge in [-0.05, 0) is 36.8 Å². The highest BCUT2D eigenvalue weighted by Gasteiger charge is 2.09. The van der Waals surface area contributed by atoms with E-state index in [0.29, 0.717) is 5.89 Å². The minimum Gasteiger partial charge on any atom is -0.436 e. The minimum absolute atomic E-state index is 0.671. The van der Waals surface area contributed by atoms with E-state index >= 15 is 0 Å². The van der Waals surface area contributed by atoms with Crippen molar-refractivity contribution in [3.05, 3.63) is 84.2 Å². The second-order valence-electron chi connectivity index (χ2n) is 5.73. The molecule has 0 atom stereocenters. The molecule has 0 saturated carbocycles. The first-order chi connectivity index (χ1) is 11.3. The highest BCUT2D eigenvalue weighted by atomic mass is 16.3. The fourth-order valence-electron chi connectivity index (χ4n) is 2.66. The van der Waals surface area contributed by atoms with Crippen LogP contribution in [0.25, 0.3) is 22.6 Å². The van der Waals surface area contributed by atoms with Gasteiger partial charge in [0.2, 0.25) is 5.89 Å². The Balaban J connectivity index is 1.61. The summed E-state index contributed by atoms with van der Waals surface area (Å²) in [6, 6.07) is 20.5. The average Bonchev–Trinajstić information content (AvgIpc) is 2.99. The van der Waals surface area contributed by atoms with Crippen molar-refractivity contribution in [1.29, 1.82) is 0 Å². The van der Waals surface area contributed by atoms with Crippen LogP contribution in [0.2, 0.25) is 0 Å². The average molecular weight is 301 g/mol. The lowest BCUT2D eigenvalue weighted by Crippen LogP contribution is -2.32. The number of rotatable bonds is 3. The molecule has 2 aromatic carbocycles. The van der Waals surface area contributed by atoms with Gasteiger partial charge in [-0.1, -0.05) is 24.3 Å². The van der Waals surface area contributed by atoms with Crippen LogP contribution in [0.1, 0.15) is 11.1 Å². The monoisotopic (exact) mass is 301 g/mol. The van der Waals surface area contributed by atoms with Gasteiger partial charge in [-0.2, -0.15) is 0 Å². The van der Waals surface area contributed by atoms with E-state index in [0.717, 1.165) is 23.2 Å². The first-order valence-electron chi connectivity index (χ1n) is 7.68. The molecule has 4 aromatic rings. The lowest BCUT2D eigenvalue weighted by atomic mass is 10.1. The zero-order valence-corrected chi connectivity index (χ0v) is 12.9. The van der Waals surface area contributed by atoms with Crippen LogP contribution in [0, 0.1) is 6.92 Å².